The highest BCUT2D eigenvalue weighted by atomic mass is 16.5. The van der Waals surface area contributed by atoms with Crippen LogP contribution in [0.25, 0.3) is 0 Å². The molecule has 15 heavy (non-hydrogen) atoms. The number of esters is 1. The molecule has 1 aromatic rings. The normalized spacial score (nSPS) is 10.3. The Hall–Kier alpha value is -1.51. The van der Waals surface area contributed by atoms with E-state index in [0.717, 1.165) is 5.56 Å². The van der Waals surface area contributed by atoms with Crippen molar-refractivity contribution in [2.75, 3.05) is 12.3 Å². The van der Waals surface area contributed by atoms with E-state index in [1.165, 1.54) is 0 Å². The minimum Gasteiger partial charge on any atom is -0.465 e. The Labute approximate surface area is 90.2 Å². The molecule has 0 atom stereocenters. The Morgan fingerprint density at radius 2 is 2.07 bits per heavy atom. The molecule has 0 fully saturated rings. The predicted molar refractivity (Wildman–Crippen MR) is 60.4 cm³/mol. The molecule has 0 bridgehead atoms. The van der Waals surface area contributed by atoms with Gasteiger partial charge in [-0.25, -0.2) is 0 Å². The van der Waals surface area contributed by atoms with Gasteiger partial charge >= 0.3 is 5.97 Å². The van der Waals surface area contributed by atoms with Crippen molar-refractivity contribution < 1.29 is 9.53 Å². The zero-order valence-electron chi connectivity index (χ0n) is 9.19. The van der Waals surface area contributed by atoms with Gasteiger partial charge in [0.05, 0.1) is 13.0 Å². The van der Waals surface area contributed by atoms with E-state index >= 15 is 0 Å². The van der Waals surface area contributed by atoms with Gasteiger partial charge in [-0.15, -0.1) is 0 Å². The quantitative estimate of drug-likeness (QED) is 0.607. The maximum Gasteiger partial charge on any atom is 0.310 e. The maximum atomic E-state index is 11.4. The van der Waals surface area contributed by atoms with Gasteiger partial charge in [0.15, 0.2) is 0 Å². The van der Waals surface area contributed by atoms with Gasteiger partial charge in [0.2, 0.25) is 0 Å². The Kier molecular flexibility index (Phi) is 4.16. The van der Waals surface area contributed by atoms with Crippen molar-refractivity contribution in [1.82, 2.24) is 0 Å². The van der Waals surface area contributed by atoms with Crippen LogP contribution in [0.4, 0.5) is 5.69 Å². The van der Waals surface area contributed by atoms with Crippen LogP contribution in [0.15, 0.2) is 24.3 Å². The van der Waals surface area contributed by atoms with Crippen molar-refractivity contribution in [3.05, 3.63) is 29.8 Å². The summed E-state index contributed by atoms with van der Waals surface area (Å²) in [6.07, 6.45) is 0.249. The molecule has 0 radical (unpaired) electrons. The van der Waals surface area contributed by atoms with Crippen LogP contribution >= 0.6 is 0 Å². The Balaban J connectivity index is 2.48. The van der Waals surface area contributed by atoms with Crippen molar-refractivity contribution in [1.29, 1.82) is 0 Å². The predicted octanol–water partition coefficient (Wildman–Crippen LogP) is 2.01. The first-order chi connectivity index (χ1) is 7.09. The van der Waals surface area contributed by atoms with Crippen molar-refractivity contribution >= 4 is 11.7 Å². The van der Waals surface area contributed by atoms with E-state index in [0.29, 0.717) is 18.2 Å². The summed E-state index contributed by atoms with van der Waals surface area (Å²) in [7, 11) is 0. The molecule has 0 saturated carbocycles. The fourth-order valence-electron chi connectivity index (χ4n) is 1.16. The van der Waals surface area contributed by atoms with Crippen molar-refractivity contribution in [3.8, 4) is 0 Å². The van der Waals surface area contributed by atoms with Gasteiger partial charge in [0.1, 0.15) is 0 Å². The Bertz CT molecular complexity index is 334. The molecule has 82 valence electrons. The number of hydrogen-bond acceptors (Lipinski definition) is 3. The van der Waals surface area contributed by atoms with Gasteiger partial charge in [-0.2, -0.15) is 0 Å². The van der Waals surface area contributed by atoms with Gasteiger partial charge in [0, 0.05) is 5.69 Å². The lowest BCUT2D eigenvalue weighted by atomic mass is 10.1. The van der Waals surface area contributed by atoms with Crippen molar-refractivity contribution in [3.63, 3.8) is 0 Å². The molecule has 0 unspecified atom stereocenters. The largest absolute Gasteiger partial charge is 0.465 e. The number of ether oxygens (including phenoxy) is 1. The summed E-state index contributed by atoms with van der Waals surface area (Å²) in [5.74, 6) is 0.142. The summed E-state index contributed by atoms with van der Waals surface area (Å²) in [5, 5.41) is 0. The number of nitrogen functional groups attached to an aromatic ring is 1. The lowest BCUT2D eigenvalue weighted by Crippen LogP contribution is -2.13. The third kappa shape index (κ3) is 4.02. The van der Waals surface area contributed by atoms with Gasteiger partial charge in [-0.05, 0) is 17.5 Å². The number of hydrogen-bond donors (Lipinski definition) is 1. The summed E-state index contributed by atoms with van der Waals surface area (Å²) in [6, 6.07) is 7.33. The first-order valence-corrected chi connectivity index (χ1v) is 5.08. The second-order valence-corrected chi connectivity index (χ2v) is 3.95. The molecule has 0 aromatic heterocycles. The number of rotatable bonds is 4. The average molecular weight is 207 g/mol. The number of carbonyl (C=O) groups is 1. The van der Waals surface area contributed by atoms with Crippen LogP contribution in [-0.4, -0.2) is 12.6 Å². The molecule has 0 heterocycles. The summed E-state index contributed by atoms with van der Waals surface area (Å²) >= 11 is 0. The van der Waals surface area contributed by atoms with Crippen molar-refractivity contribution in [2.45, 2.75) is 20.3 Å². The van der Waals surface area contributed by atoms with E-state index < -0.39 is 0 Å². The zero-order valence-corrected chi connectivity index (χ0v) is 9.19. The molecule has 0 aliphatic carbocycles. The van der Waals surface area contributed by atoms with Gasteiger partial charge in [0.25, 0.3) is 0 Å². The summed E-state index contributed by atoms with van der Waals surface area (Å²) < 4.78 is 5.07. The summed E-state index contributed by atoms with van der Waals surface area (Å²) in [6.45, 7) is 4.47. The fraction of sp³-hybridized carbons (Fsp3) is 0.417. The van der Waals surface area contributed by atoms with Gasteiger partial charge < -0.3 is 10.5 Å². The highest BCUT2D eigenvalue weighted by Gasteiger charge is 2.07. The number of para-hydroxylation sites is 1. The van der Waals surface area contributed by atoms with E-state index in [1.807, 2.05) is 32.0 Å². The van der Waals surface area contributed by atoms with Crippen LogP contribution in [0.2, 0.25) is 0 Å². The third-order valence-electron chi connectivity index (χ3n) is 1.97. The van der Waals surface area contributed by atoms with E-state index in [9.17, 15) is 4.79 Å². The maximum absolute atomic E-state index is 11.4. The van der Waals surface area contributed by atoms with Crippen LogP contribution in [0.5, 0.6) is 0 Å². The van der Waals surface area contributed by atoms with E-state index in [1.54, 1.807) is 6.07 Å². The molecule has 2 N–H and O–H groups in total. The average Bonchev–Trinajstić information content (AvgIpc) is 2.18. The highest BCUT2D eigenvalue weighted by molar-refractivity contribution is 5.74. The molecule has 0 aliphatic rings. The smallest absolute Gasteiger partial charge is 0.310 e. The number of carbonyl (C=O) groups excluding carboxylic acids is 1. The second-order valence-electron chi connectivity index (χ2n) is 3.95. The van der Waals surface area contributed by atoms with Crippen LogP contribution in [-0.2, 0) is 16.0 Å². The second kappa shape index (κ2) is 5.39. The lowest BCUT2D eigenvalue weighted by molar-refractivity contribution is -0.143. The van der Waals surface area contributed by atoms with E-state index in [4.69, 9.17) is 10.5 Å². The topological polar surface area (TPSA) is 52.3 Å². The first-order valence-electron chi connectivity index (χ1n) is 5.08. The first kappa shape index (κ1) is 11.6. The van der Waals surface area contributed by atoms with E-state index in [2.05, 4.69) is 0 Å². The molecule has 0 amide bonds. The Morgan fingerprint density at radius 3 is 2.67 bits per heavy atom. The standard InChI is InChI=1S/C12H17NO2/c1-9(2)8-15-12(14)7-10-5-3-4-6-11(10)13/h3-6,9H,7-8,13H2,1-2H3. The van der Waals surface area contributed by atoms with Gasteiger partial charge in [-0.3, -0.25) is 4.79 Å². The van der Waals surface area contributed by atoms with Crippen LogP contribution in [0.1, 0.15) is 19.4 Å². The molecular weight excluding hydrogens is 190 g/mol. The van der Waals surface area contributed by atoms with E-state index in [-0.39, 0.29) is 12.4 Å². The van der Waals surface area contributed by atoms with Crippen LogP contribution in [0, 0.1) is 5.92 Å². The lowest BCUT2D eigenvalue weighted by Gasteiger charge is -2.08. The SMILES string of the molecule is CC(C)COC(=O)Cc1ccccc1N. The Morgan fingerprint density at radius 1 is 1.40 bits per heavy atom. The monoisotopic (exact) mass is 207 g/mol. The van der Waals surface area contributed by atoms with Crippen LogP contribution in [0.3, 0.4) is 0 Å². The van der Waals surface area contributed by atoms with Crippen LogP contribution < -0.4 is 5.73 Å². The van der Waals surface area contributed by atoms with Crippen molar-refractivity contribution in [2.24, 2.45) is 5.92 Å². The molecular formula is C12H17NO2. The molecule has 0 spiro atoms. The number of benzene rings is 1. The van der Waals surface area contributed by atoms with Gasteiger partial charge in [-0.1, -0.05) is 32.0 Å². The highest BCUT2D eigenvalue weighted by Crippen LogP contribution is 2.11. The molecule has 3 heteroatoms. The minimum absolute atomic E-state index is 0.221. The molecule has 3 nitrogen and oxygen atoms in total. The number of anilines is 1. The number of nitrogens with two attached hydrogens (primary N) is 1. The molecule has 1 rings (SSSR count). The molecule has 1 aromatic carbocycles. The molecule has 0 aliphatic heterocycles. The summed E-state index contributed by atoms with van der Waals surface area (Å²) in [4.78, 5) is 11.4. The third-order valence-corrected chi connectivity index (χ3v) is 1.97. The summed E-state index contributed by atoms with van der Waals surface area (Å²) in [5.41, 5.74) is 7.18. The zero-order chi connectivity index (χ0) is 11.3. The molecule has 0 saturated heterocycles. The fourth-order valence-corrected chi connectivity index (χ4v) is 1.16. The minimum atomic E-state index is -0.221.